The Hall–Kier alpha value is -4.12. The van der Waals surface area contributed by atoms with Gasteiger partial charge in [0.15, 0.2) is 5.76 Å². The molecule has 11 heteroatoms. The maximum Gasteiger partial charge on any atom is 0.293 e. The normalized spacial score (nSPS) is 11.5. The molecule has 4 rings (SSSR count). The number of aryl methyl sites for hydroxylation is 3. The van der Waals surface area contributed by atoms with E-state index in [4.69, 9.17) is 9.15 Å². The quantitative estimate of drug-likeness (QED) is 0.329. The summed E-state index contributed by atoms with van der Waals surface area (Å²) in [5.74, 6) is -0.283. The first-order valence-electron chi connectivity index (χ1n) is 11.9. The number of carbonyl (C=O) groups is 1. The molecule has 2 aromatic heterocycles. The first-order valence-corrected chi connectivity index (χ1v) is 13.6. The SMILES string of the molecule is CCNC(=O)c1cc2c(-c3cc(NS(=O)(=O)CC)ccc3Oc3c(C)cc(F)cc3C)cn(C)c(=O)c2o1. The molecule has 0 bridgehead atoms. The van der Waals surface area contributed by atoms with E-state index in [1.54, 1.807) is 45.2 Å². The van der Waals surface area contributed by atoms with Crippen LogP contribution in [0.25, 0.3) is 22.1 Å². The van der Waals surface area contributed by atoms with Gasteiger partial charge in [0, 0.05) is 42.0 Å². The molecule has 0 spiro atoms. The van der Waals surface area contributed by atoms with Crippen molar-refractivity contribution in [3.63, 3.8) is 0 Å². The lowest BCUT2D eigenvalue weighted by Crippen LogP contribution is -2.22. The highest BCUT2D eigenvalue weighted by Gasteiger charge is 2.22. The number of anilines is 1. The molecule has 0 aliphatic carbocycles. The summed E-state index contributed by atoms with van der Waals surface area (Å²) >= 11 is 0. The number of halogens is 1. The number of fused-ring (bicyclic) bond motifs is 1. The maximum absolute atomic E-state index is 13.9. The molecule has 0 saturated heterocycles. The minimum absolute atomic E-state index is 0.0362. The number of hydrogen-bond donors (Lipinski definition) is 2. The highest BCUT2D eigenvalue weighted by atomic mass is 32.2. The summed E-state index contributed by atoms with van der Waals surface area (Å²) in [6.45, 7) is 7.08. The molecule has 9 nitrogen and oxygen atoms in total. The summed E-state index contributed by atoms with van der Waals surface area (Å²) in [6.07, 6.45) is 1.56. The second-order valence-electron chi connectivity index (χ2n) is 8.86. The van der Waals surface area contributed by atoms with Gasteiger partial charge in [0.25, 0.3) is 11.5 Å². The van der Waals surface area contributed by atoms with Crippen molar-refractivity contribution in [1.29, 1.82) is 0 Å². The van der Waals surface area contributed by atoms with Crippen molar-refractivity contribution in [2.24, 2.45) is 7.05 Å². The minimum Gasteiger partial charge on any atom is -0.456 e. The van der Waals surface area contributed by atoms with Crippen molar-refractivity contribution in [3.05, 3.63) is 75.7 Å². The fourth-order valence-electron chi connectivity index (χ4n) is 4.12. The zero-order valence-electron chi connectivity index (χ0n) is 21.6. The number of pyridine rings is 1. The molecule has 0 aliphatic heterocycles. The van der Waals surface area contributed by atoms with E-state index in [0.29, 0.717) is 45.7 Å². The summed E-state index contributed by atoms with van der Waals surface area (Å²) in [5.41, 5.74) is 1.81. The molecule has 200 valence electrons. The Kier molecular flexibility index (Phi) is 7.32. The van der Waals surface area contributed by atoms with Crippen molar-refractivity contribution in [1.82, 2.24) is 9.88 Å². The summed E-state index contributed by atoms with van der Waals surface area (Å²) in [7, 11) is -2.05. The zero-order chi connectivity index (χ0) is 27.8. The van der Waals surface area contributed by atoms with E-state index in [2.05, 4.69) is 10.0 Å². The zero-order valence-corrected chi connectivity index (χ0v) is 22.5. The van der Waals surface area contributed by atoms with Crippen molar-refractivity contribution in [2.45, 2.75) is 27.7 Å². The Labute approximate surface area is 219 Å². The topological polar surface area (TPSA) is 120 Å². The standard InChI is InChI=1S/C27H28FN3O6S/c1-6-29-26(32)23-13-20-21(14-31(5)27(33)25(20)37-23)19-12-18(30-38(34,35)7-2)8-9-22(19)36-24-15(3)10-17(28)11-16(24)4/h8-14,30H,6-7H2,1-5H3,(H,29,32). The largest absolute Gasteiger partial charge is 0.456 e. The van der Waals surface area contributed by atoms with Crippen LogP contribution in [0.15, 0.2) is 51.8 Å². The fourth-order valence-corrected chi connectivity index (χ4v) is 4.75. The van der Waals surface area contributed by atoms with Crippen molar-refractivity contribution < 1.29 is 26.8 Å². The van der Waals surface area contributed by atoms with Crippen molar-refractivity contribution >= 4 is 32.6 Å². The van der Waals surface area contributed by atoms with Gasteiger partial charge in [0.1, 0.15) is 17.3 Å². The predicted molar refractivity (Wildman–Crippen MR) is 144 cm³/mol. The highest BCUT2D eigenvalue weighted by Crippen LogP contribution is 2.40. The van der Waals surface area contributed by atoms with Gasteiger partial charge in [0.2, 0.25) is 15.6 Å². The molecule has 4 aromatic rings. The molecule has 0 unspecified atom stereocenters. The highest BCUT2D eigenvalue weighted by molar-refractivity contribution is 7.92. The Bertz CT molecular complexity index is 1700. The molecule has 38 heavy (non-hydrogen) atoms. The average Bonchev–Trinajstić information content (AvgIpc) is 3.30. The second-order valence-corrected chi connectivity index (χ2v) is 10.9. The molecule has 0 aliphatic rings. The van der Waals surface area contributed by atoms with E-state index < -0.39 is 27.3 Å². The number of benzene rings is 2. The van der Waals surface area contributed by atoms with Crippen LogP contribution in [0.4, 0.5) is 10.1 Å². The molecular weight excluding hydrogens is 513 g/mol. The predicted octanol–water partition coefficient (Wildman–Crippen LogP) is 4.86. The van der Waals surface area contributed by atoms with E-state index in [1.165, 1.54) is 36.7 Å². The summed E-state index contributed by atoms with van der Waals surface area (Å²) in [5, 5.41) is 2.99. The Morgan fingerprint density at radius 1 is 1.08 bits per heavy atom. The molecular formula is C27H28FN3O6S. The number of furan rings is 1. The number of amides is 1. The molecule has 2 aromatic carbocycles. The van der Waals surface area contributed by atoms with Gasteiger partial charge in [-0.1, -0.05) is 0 Å². The van der Waals surface area contributed by atoms with Crippen LogP contribution in [-0.2, 0) is 17.1 Å². The molecule has 0 fully saturated rings. The van der Waals surface area contributed by atoms with Crippen molar-refractivity contribution in [2.75, 3.05) is 17.0 Å². The molecule has 1 amide bonds. The van der Waals surface area contributed by atoms with Gasteiger partial charge in [-0.25, -0.2) is 12.8 Å². The summed E-state index contributed by atoms with van der Waals surface area (Å²) < 4.78 is 54.2. The van der Waals surface area contributed by atoms with Crippen LogP contribution in [0.2, 0.25) is 0 Å². The van der Waals surface area contributed by atoms with Crippen LogP contribution in [0.1, 0.15) is 35.5 Å². The van der Waals surface area contributed by atoms with Crippen LogP contribution in [-0.4, -0.2) is 31.2 Å². The lowest BCUT2D eigenvalue weighted by Gasteiger charge is -2.17. The number of nitrogens with one attached hydrogen (secondary N) is 2. The Balaban J connectivity index is 1.98. The third-order valence-electron chi connectivity index (χ3n) is 5.98. The number of ether oxygens (including phenoxy) is 1. The maximum atomic E-state index is 13.9. The first-order chi connectivity index (χ1) is 17.9. The average molecular weight is 542 g/mol. The van der Waals surface area contributed by atoms with Crippen LogP contribution >= 0.6 is 0 Å². The number of carbonyl (C=O) groups excluding carboxylic acids is 1. The van der Waals surface area contributed by atoms with Gasteiger partial charge in [-0.2, -0.15) is 0 Å². The van der Waals surface area contributed by atoms with E-state index in [-0.39, 0.29) is 22.8 Å². The van der Waals surface area contributed by atoms with E-state index in [9.17, 15) is 22.4 Å². The number of hydrogen-bond acceptors (Lipinski definition) is 6. The van der Waals surface area contributed by atoms with Gasteiger partial charge >= 0.3 is 0 Å². The Morgan fingerprint density at radius 2 is 1.76 bits per heavy atom. The number of aromatic nitrogens is 1. The molecule has 0 saturated carbocycles. The number of nitrogens with zero attached hydrogens (tertiary/aromatic N) is 1. The fraction of sp³-hybridized carbons (Fsp3) is 0.259. The number of rotatable bonds is 8. The monoisotopic (exact) mass is 541 g/mol. The third-order valence-corrected chi connectivity index (χ3v) is 7.29. The van der Waals surface area contributed by atoms with Gasteiger partial charge in [0.05, 0.1) is 5.75 Å². The van der Waals surface area contributed by atoms with Gasteiger partial charge in [-0.3, -0.25) is 14.3 Å². The molecule has 2 heterocycles. The molecule has 2 N–H and O–H groups in total. The van der Waals surface area contributed by atoms with Gasteiger partial charge < -0.3 is 19.0 Å². The lowest BCUT2D eigenvalue weighted by molar-refractivity contribution is 0.0930. The first kappa shape index (κ1) is 26.9. The summed E-state index contributed by atoms with van der Waals surface area (Å²) in [6, 6.07) is 8.89. The molecule has 0 radical (unpaired) electrons. The van der Waals surface area contributed by atoms with Crippen LogP contribution in [0, 0.1) is 19.7 Å². The summed E-state index contributed by atoms with van der Waals surface area (Å²) in [4.78, 5) is 25.3. The second kappa shape index (κ2) is 10.3. The van der Waals surface area contributed by atoms with Crippen LogP contribution in [0.5, 0.6) is 11.5 Å². The van der Waals surface area contributed by atoms with Crippen LogP contribution in [0.3, 0.4) is 0 Å². The Morgan fingerprint density at radius 3 is 2.39 bits per heavy atom. The van der Waals surface area contributed by atoms with Gasteiger partial charge in [-0.15, -0.1) is 0 Å². The molecule has 0 atom stereocenters. The van der Waals surface area contributed by atoms with Crippen molar-refractivity contribution in [3.8, 4) is 22.6 Å². The smallest absolute Gasteiger partial charge is 0.293 e. The van der Waals surface area contributed by atoms with Crippen LogP contribution < -0.4 is 20.3 Å². The van der Waals surface area contributed by atoms with E-state index >= 15 is 0 Å². The van der Waals surface area contributed by atoms with Gasteiger partial charge in [-0.05, 0) is 75.2 Å². The minimum atomic E-state index is -3.59. The number of sulfonamides is 1. The lowest BCUT2D eigenvalue weighted by atomic mass is 10.0. The van der Waals surface area contributed by atoms with E-state index in [0.717, 1.165) is 0 Å². The van der Waals surface area contributed by atoms with E-state index in [1.807, 2.05) is 0 Å². The third kappa shape index (κ3) is 5.28.